The third-order valence-electron chi connectivity index (χ3n) is 2.57. The summed E-state index contributed by atoms with van der Waals surface area (Å²) in [5.41, 5.74) is 0.649. The third kappa shape index (κ3) is 3.74. The van der Waals surface area contributed by atoms with E-state index in [1.54, 1.807) is 27.9 Å². The smallest absolute Gasteiger partial charge is 0.354 e. The van der Waals surface area contributed by atoms with E-state index < -0.39 is 18.0 Å². The quantitative estimate of drug-likeness (QED) is 0.648. The van der Waals surface area contributed by atoms with E-state index in [4.69, 9.17) is 5.11 Å². The Morgan fingerprint density at radius 1 is 1.35 bits per heavy atom. The number of aromatic nitrogens is 1. The van der Waals surface area contributed by atoms with Crippen molar-refractivity contribution in [3.8, 4) is 0 Å². The Balaban J connectivity index is 2.72. The van der Waals surface area contributed by atoms with E-state index >= 15 is 0 Å². The lowest BCUT2D eigenvalue weighted by Crippen LogP contribution is -2.45. The van der Waals surface area contributed by atoms with Crippen molar-refractivity contribution in [1.82, 2.24) is 15.2 Å². The number of carboxylic acid groups (broad SMARTS) is 1. The minimum absolute atomic E-state index is 0.107. The second-order valence-electron chi connectivity index (χ2n) is 4.60. The minimum Gasteiger partial charge on any atom is -0.477 e. The van der Waals surface area contributed by atoms with Crippen molar-refractivity contribution in [3.63, 3.8) is 0 Å². The normalized spacial score (nSPS) is 11.6. The lowest BCUT2D eigenvalue weighted by Gasteiger charge is -2.18. The van der Waals surface area contributed by atoms with Crippen LogP contribution in [0.15, 0.2) is 6.07 Å². The van der Waals surface area contributed by atoms with Gasteiger partial charge in [0, 0.05) is 19.8 Å². The van der Waals surface area contributed by atoms with Gasteiger partial charge in [0.05, 0.1) is 5.69 Å². The number of likely N-dealkylation sites (N-methyl/N-ethyl adjacent to an activating group) is 1. The Hall–Kier alpha value is -2.51. The second-order valence-corrected chi connectivity index (χ2v) is 4.60. The summed E-state index contributed by atoms with van der Waals surface area (Å²) in [6, 6.07) is 0.147. The summed E-state index contributed by atoms with van der Waals surface area (Å²) in [7, 11) is 3.16. The monoisotopic (exact) mass is 282 g/mol. The van der Waals surface area contributed by atoms with Crippen molar-refractivity contribution in [2.24, 2.45) is 0 Å². The number of aryl methyl sites for hydroxylation is 1. The number of nitrogens with zero attached hydrogens (tertiary/aromatic N) is 1. The predicted molar refractivity (Wildman–Crippen MR) is 72.8 cm³/mol. The zero-order valence-electron chi connectivity index (χ0n) is 11.8. The number of hydrogen-bond donors (Lipinski definition) is 4. The molecule has 4 N–H and O–H groups in total. The fourth-order valence-electron chi connectivity index (χ4n) is 1.66. The number of carbonyl (C=O) groups excluding carboxylic acids is 2. The van der Waals surface area contributed by atoms with Crippen LogP contribution in [0.2, 0.25) is 0 Å². The molecule has 0 spiro atoms. The fraction of sp³-hybridized carbons (Fsp3) is 0.417. The maximum atomic E-state index is 11.7. The molecule has 1 rings (SSSR count). The molecule has 0 aromatic carbocycles. The third-order valence-corrected chi connectivity index (χ3v) is 2.57. The highest BCUT2D eigenvalue weighted by Gasteiger charge is 2.19. The van der Waals surface area contributed by atoms with E-state index in [1.807, 2.05) is 0 Å². The molecule has 0 fully saturated rings. The van der Waals surface area contributed by atoms with Crippen LogP contribution in [0, 0.1) is 6.92 Å². The molecule has 3 amide bonds. The summed E-state index contributed by atoms with van der Waals surface area (Å²) in [6.45, 7) is 3.22. The van der Waals surface area contributed by atoms with Crippen LogP contribution in [0.1, 0.15) is 23.1 Å². The van der Waals surface area contributed by atoms with Crippen LogP contribution in [0.4, 0.5) is 10.5 Å². The molecule has 0 aliphatic rings. The van der Waals surface area contributed by atoms with Gasteiger partial charge in [0.15, 0.2) is 0 Å². The van der Waals surface area contributed by atoms with E-state index in [2.05, 4.69) is 15.6 Å². The zero-order valence-corrected chi connectivity index (χ0v) is 11.8. The molecule has 1 heterocycles. The number of rotatable bonds is 4. The van der Waals surface area contributed by atoms with Crippen LogP contribution in [0.25, 0.3) is 0 Å². The first-order chi connectivity index (χ1) is 9.22. The van der Waals surface area contributed by atoms with Crippen LogP contribution in [-0.2, 0) is 4.79 Å². The number of urea groups is 1. The van der Waals surface area contributed by atoms with E-state index in [9.17, 15) is 14.4 Å². The number of aromatic amines is 1. The van der Waals surface area contributed by atoms with Crippen LogP contribution in [-0.4, -0.2) is 53.0 Å². The Kier molecular flexibility index (Phi) is 4.73. The van der Waals surface area contributed by atoms with E-state index in [-0.39, 0.29) is 17.3 Å². The average Bonchev–Trinajstić information content (AvgIpc) is 2.68. The fourth-order valence-corrected chi connectivity index (χ4v) is 1.66. The van der Waals surface area contributed by atoms with Gasteiger partial charge in [-0.3, -0.25) is 4.79 Å². The number of carbonyl (C=O) groups is 3. The van der Waals surface area contributed by atoms with Gasteiger partial charge in [-0.1, -0.05) is 0 Å². The first kappa shape index (κ1) is 15.5. The molecule has 1 aromatic rings. The Morgan fingerprint density at radius 2 is 1.95 bits per heavy atom. The first-order valence-electron chi connectivity index (χ1n) is 5.94. The minimum atomic E-state index is -1.18. The number of H-pyrrole nitrogens is 1. The summed E-state index contributed by atoms with van der Waals surface area (Å²) in [5.74, 6) is -1.44. The van der Waals surface area contributed by atoms with Crippen molar-refractivity contribution in [3.05, 3.63) is 17.5 Å². The molecule has 0 radical (unpaired) electrons. The molecule has 0 bridgehead atoms. The Morgan fingerprint density at radius 3 is 2.45 bits per heavy atom. The SMILES string of the molecule is Cc1cc(NC(=O)NC(C)C(=O)N(C)C)c(C(=O)O)[nH]1. The summed E-state index contributed by atoms with van der Waals surface area (Å²) < 4.78 is 0. The van der Waals surface area contributed by atoms with Gasteiger partial charge in [-0.2, -0.15) is 0 Å². The summed E-state index contributed by atoms with van der Waals surface area (Å²) in [6.07, 6.45) is 0. The summed E-state index contributed by atoms with van der Waals surface area (Å²) in [5, 5.41) is 13.8. The summed E-state index contributed by atoms with van der Waals surface area (Å²) >= 11 is 0. The summed E-state index contributed by atoms with van der Waals surface area (Å²) in [4.78, 5) is 38.3. The van der Waals surface area contributed by atoms with Crippen molar-refractivity contribution in [2.75, 3.05) is 19.4 Å². The maximum Gasteiger partial charge on any atom is 0.354 e. The molecular formula is C12H18N4O4. The van der Waals surface area contributed by atoms with Gasteiger partial charge in [0.2, 0.25) is 5.91 Å². The first-order valence-corrected chi connectivity index (χ1v) is 5.94. The van der Waals surface area contributed by atoms with Crippen LogP contribution >= 0.6 is 0 Å². The topological polar surface area (TPSA) is 115 Å². The molecule has 1 atom stereocenters. The van der Waals surface area contributed by atoms with Crippen molar-refractivity contribution < 1.29 is 19.5 Å². The van der Waals surface area contributed by atoms with Crippen LogP contribution in [0.5, 0.6) is 0 Å². The zero-order chi connectivity index (χ0) is 15.4. The number of anilines is 1. The highest BCUT2D eigenvalue weighted by molar-refractivity contribution is 6.00. The van der Waals surface area contributed by atoms with Crippen molar-refractivity contribution in [1.29, 1.82) is 0 Å². The van der Waals surface area contributed by atoms with Crippen molar-refractivity contribution in [2.45, 2.75) is 19.9 Å². The molecule has 0 saturated carbocycles. The second kappa shape index (κ2) is 6.09. The molecule has 1 unspecified atom stereocenters. The lowest BCUT2D eigenvalue weighted by molar-refractivity contribution is -0.130. The van der Waals surface area contributed by atoms with Crippen LogP contribution < -0.4 is 10.6 Å². The molecule has 0 aliphatic carbocycles. The average molecular weight is 282 g/mol. The largest absolute Gasteiger partial charge is 0.477 e. The maximum absolute atomic E-state index is 11.7. The molecule has 0 saturated heterocycles. The number of nitrogens with one attached hydrogen (secondary N) is 3. The van der Waals surface area contributed by atoms with Gasteiger partial charge < -0.3 is 25.6 Å². The highest BCUT2D eigenvalue weighted by atomic mass is 16.4. The lowest BCUT2D eigenvalue weighted by atomic mass is 10.3. The molecule has 1 aromatic heterocycles. The standard InChI is InChI=1S/C12H18N4O4/c1-6-5-8(9(13-6)11(18)19)15-12(20)14-7(2)10(17)16(3)4/h5,7,13H,1-4H3,(H,18,19)(H2,14,15,20). The number of aromatic carboxylic acids is 1. The molecule has 110 valence electrons. The van der Waals surface area contributed by atoms with Gasteiger partial charge in [0.25, 0.3) is 0 Å². The number of carboxylic acids is 1. The predicted octanol–water partition coefficient (Wildman–Crippen LogP) is 0.620. The molecule has 8 nitrogen and oxygen atoms in total. The van der Waals surface area contributed by atoms with Gasteiger partial charge in [-0.05, 0) is 19.9 Å². The van der Waals surface area contributed by atoms with Crippen LogP contribution in [0.3, 0.4) is 0 Å². The van der Waals surface area contributed by atoms with Gasteiger partial charge in [-0.15, -0.1) is 0 Å². The Labute approximate surface area is 116 Å². The molecule has 8 heteroatoms. The number of amides is 3. The van der Waals surface area contributed by atoms with E-state index in [0.29, 0.717) is 5.69 Å². The highest BCUT2D eigenvalue weighted by Crippen LogP contribution is 2.16. The number of hydrogen-bond acceptors (Lipinski definition) is 3. The van der Waals surface area contributed by atoms with Gasteiger partial charge in [-0.25, -0.2) is 9.59 Å². The van der Waals surface area contributed by atoms with Crippen molar-refractivity contribution >= 4 is 23.6 Å². The van der Waals surface area contributed by atoms with Gasteiger partial charge in [0.1, 0.15) is 11.7 Å². The molecule has 20 heavy (non-hydrogen) atoms. The van der Waals surface area contributed by atoms with Gasteiger partial charge >= 0.3 is 12.0 Å². The molecule has 0 aliphatic heterocycles. The van der Waals surface area contributed by atoms with E-state index in [1.165, 1.54) is 11.0 Å². The molecular weight excluding hydrogens is 264 g/mol. The Bertz CT molecular complexity index is 536. The van der Waals surface area contributed by atoms with E-state index in [0.717, 1.165) is 0 Å².